The molecule has 1 aromatic carbocycles. The minimum Gasteiger partial charge on any atom is -0.325 e. The van der Waals surface area contributed by atoms with Crippen LogP contribution in [-0.4, -0.2) is 17.4 Å². The number of benzene rings is 1. The Hall–Kier alpha value is -1.47. The molecule has 1 aliphatic rings. The number of hydrogen-bond acceptors (Lipinski definition) is 3. The Morgan fingerprint density at radius 3 is 2.63 bits per heavy atom. The molecular formula is C15H18N2OS. The Kier molecular flexibility index (Phi) is 5.29. The molecule has 1 N–H and O–H groups in total. The molecular weight excluding hydrogens is 256 g/mol. The van der Waals surface area contributed by atoms with E-state index < -0.39 is 0 Å². The minimum atomic E-state index is 0.0349. The molecule has 2 rings (SSSR count). The second-order valence-electron chi connectivity index (χ2n) is 4.90. The third-order valence-electron chi connectivity index (χ3n) is 3.36. The summed E-state index contributed by atoms with van der Waals surface area (Å²) in [4.78, 5) is 11.7. The topological polar surface area (TPSA) is 52.9 Å². The van der Waals surface area contributed by atoms with Crippen LogP contribution in [0, 0.1) is 17.2 Å². The number of carbonyl (C=O) groups excluding carboxylic acids is 1. The van der Waals surface area contributed by atoms with Crippen molar-refractivity contribution in [2.45, 2.75) is 25.7 Å². The van der Waals surface area contributed by atoms with Crippen LogP contribution in [-0.2, 0) is 4.79 Å². The number of carbonyl (C=O) groups is 1. The summed E-state index contributed by atoms with van der Waals surface area (Å²) in [6.45, 7) is 0. The zero-order chi connectivity index (χ0) is 13.5. The van der Waals surface area contributed by atoms with Crippen molar-refractivity contribution in [3.63, 3.8) is 0 Å². The molecule has 1 aliphatic carbocycles. The highest BCUT2D eigenvalue weighted by molar-refractivity contribution is 7.99. The number of thioether (sulfide) groups is 1. The molecule has 0 aliphatic heterocycles. The van der Waals surface area contributed by atoms with E-state index in [1.165, 1.54) is 25.7 Å². The van der Waals surface area contributed by atoms with Crippen LogP contribution in [0.15, 0.2) is 24.3 Å². The predicted octanol–water partition coefficient (Wildman–Crippen LogP) is 3.42. The second-order valence-corrected chi connectivity index (χ2v) is 5.93. The average Bonchev–Trinajstić information content (AvgIpc) is 2.93. The van der Waals surface area contributed by atoms with Gasteiger partial charge in [-0.3, -0.25) is 4.79 Å². The maximum Gasteiger partial charge on any atom is 0.234 e. The third kappa shape index (κ3) is 4.60. The number of anilines is 1. The van der Waals surface area contributed by atoms with Crippen molar-refractivity contribution in [2.75, 3.05) is 16.8 Å². The number of nitrogens with one attached hydrogen (secondary N) is 1. The fourth-order valence-corrected chi connectivity index (χ4v) is 3.36. The van der Waals surface area contributed by atoms with E-state index in [9.17, 15) is 4.79 Å². The predicted molar refractivity (Wildman–Crippen MR) is 79.1 cm³/mol. The molecule has 3 nitrogen and oxygen atoms in total. The number of nitriles is 1. The summed E-state index contributed by atoms with van der Waals surface area (Å²) in [6.07, 6.45) is 5.35. The summed E-state index contributed by atoms with van der Waals surface area (Å²) in [6, 6.07) is 9.00. The molecule has 19 heavy (non-hydrogen) atoms. The fourth-order valence-electron chi connectivity index (χ4n) is 2.32. The lowest BCUT2D eigenvalue weighted by atomic mass is 10.1. The summed E-state index contributed by atoms with van der Waals surface area (Å²) in [7, 11) is 0. The van der Waals surface area contributed by atoms with Crippen molar-refractivity contribution in [3.05, 3.63) is 29.8 Å². The first-order chi connectivity index (χ1) is 9.28. The largest absolute Gasteiger partial charge is 0.325 e. The van der Waals surface area contributed by atoms with Crippen LogP contribution in [0.25, 0.3) is 0 Å². The molecule has 1 saturated carbocycles. The molecule has 1 aromatic rings. The second kappa shape index (κ2) is 7.20. The smallest absolute Gasteiger partial charge is 0.234 e. The Labute approximate surface area is 118 Å². The van der Waals surface area contributed by atoms with Gasteiger partial charge in [-0.05, 0) is 48.8 Å². The summed E-state index contributed by atoms with van der Waals surface area (Å²) < 4.78 is 0. The molecule has 100 valence electrons. The van der Waals surface area contributed by atoms with Gasteiger partial charge in [0.1, 0.15) is 0 Å². The number of rotatable bonds is 5. The van der Waals surface area contributed by atoms with Crippen LogP contribution in [0.5, 0.6) is 0 Å². The zero-order valence-electron chi connectivity index (χ0n) is 10.9. The minimum absolute atomic E-state index is 0.0349. The molecule has 0 atom stereocenters. The third-order valence-corrected chi connectivity index (χ3v) is 4.53. The van der Waals surface area contributed by atoms with Crippen molar-refractivity contribution in [2.24, 2.45) is 5.92 Å². The van der Waals surface area contributed by atoms with Crippen LogP contribution in [0.3, 0.4) is 0 Å². The van der Waals surface area contributed by atoms with Crippen molar-refractivity contribution < 1.29 is 4.79 Å². The lowest BCUT2D eigenvalue weighted by Crippen LogP contribution is -2.15. The molecule has 0 aromatic heterocycles. The molecule has 1 amide bonds. The Bertz CT molecular complexity index is 458. The number of nitrogens with zero attached hydrogens (tertiary/aromatic N) is 1. The van der Waals surface area contributed by atoms with Crippen molar-refractivity contribution in [1.82, 2.24) is 0 Å². The maximum atomic E-state index is 11.7. The summed E-state index contributed by atoms with van der Waals surface area (Å²) in [5, 5.41) is 11.5. The van der Waals surface area contributed by atoms with E-state index in [-0.39, 0.29) is 5.91 Å². The Morgan fingerprint density at radius 1 is 1.32 bits per heavy atom. The molecule has 4 heteroatoms. The van der Waals surface area contributed by atoms with Gasteiger partial charge in [0.05, 0.1) is 17.4 Å². The van der Waals surface area contributed by atoms with E-state index >= 15 is 0 Å². The highest BCUT2D eigenvalue weighted by Gasteiger charge is 2.15. The van der Waals surface area contributed by atoms with Gasteiger partial charge in [0.2, 0.25) is 5.91 Å². The quantitative estimate of drug-likeness (QED) is 0.895. The Balaban J connectivity index is 1.69. The average molecular weight is 274 g/mol. The first-order valence-corrected chi connectivity index (χ1v) is 7.81. The summed E-state index contributed by atoms with van der Waals surface area (Å²) >= 11 is 1.72. The standard InChI is InChI=1S/C15H18N2OS/c16-9-12-5-7-14(8-6-12)17-15(18)11-19-10-13-3-1-2-4-13/h5-8,13H,1-4,10-11H2,(H,17,18). The first-order valence-electron chi connectivity index (χ1n) is 6.65. The van der Waals surface area contributed by atoms with Crippen LogP contribution < -0.4 is 5.32 Å². The highest BCUT2D eigenvalue weighted by atomic mass is 32.2. The number of hydrogen-bond donors (Lipinski definition) is 1. The molecule has 0 heterocycles. The summed E-state index contributed by atoms with van der Waals surface area (Å²) in [5.74, 6) is 2.46. The molecule has 0 radical (unpaired) electrons. The molecule has 1 fully saturated rings. The van der Waals surface area contributed by atoms with Crippen LogP contribution in [0.1, 0.15) is 31.2 Å². The van der Waals surface area contributed by atoms with Crippen LogP contribution in [0.2, 0.25) is 0 Å². The van der Waals surface area contributed by atoms with Gasteiger partial charge in [-0.1, -0.05) is 12.8 Å². The van der Waals surface area contributed by atoms with E-state index in [2.05, 4.69) is 11.4 Å². The Morgan fingerprint density at radius 2 is 2.00 bits per heavy atom. The SMILES string of the molecule is N#Cc1ccc(NC(=O)CSCC2CCCC2)cc1. The zero-order valence-corrected chi connectivity index (χ0v) is 11.7. The first kappa shape index (κ1) is 14.0. The van der Waals surface area contributed by atoms with Gasteiger partial charge in [0, 0.05) is 5.69 Å². The lowest BCUT2D eigenvalue weighted by Gasteiger charge is -2.08. The van der Waals surface area contributed by atoms with Crippen molar-refractivity contribution >= 4 is 23.4 Å². The molecule has 0 unspecified atom stereocenters. The monoisotopic (exact) mass is 274 g/mol. The lowest BCUT2D eigenvalue weighted by molar-refractivity contribution is -0.113. The highest BCUT2D eigenvalue weighted by Crippen LogP contribution is 2.27. The van der Waals surface area contributed by atoms with E-state index in [0.717, 1.165) is 17.4 Å². The molecule has 0 saturated heterocycles. The van der Waals surface area contributed by atoms with Gasteiger partial charge < -0.3 is 5.32 Å². The normalized spacial score (nSPS) is 15.1. The van der Waals surface area contributed by atoms with Crippen molar-refractivity contribution in [1.29, 1.82) is 5.26 Å². The van der Waals surface area contributed by atoms with E-state index in [1.807, 2.05) is 0 Å². The van der Waals surface area contributed by atoms with Gasteiger partial charge in [0.25, 0.3) is 0 Å². The van der Waals surface area contributed by atoms with Gasteiger partial charge >= 0.3 is 0 Å². The summed E-state index contributed by atoms with van der Waals surface area (Å²) in [5.41, 5.74) is 1.36. The molecule has 0 bridgehead atoms. The molecule has 0 spiro atoms. The van der Waals surface area contributed by atoms with E-state index in [0.29, 0.717) is 11.3 Å². The van der Waals surface area contributed by atoms with Crippen LogP contribution >= 0.6 is 11.8 Å². The fraction of sp³-hybridized carbons (Fsp3) is 0.467. The van der Waals surface area contributed by atoms with Crippen LogP contribution in [0.4, 0.5) is 5.69 Å². The van der Waals surface area contributed by atoms with Crippen molar-refractivity contribution in [3.8, 4) is 6.07 Å². The van der Waals surface area contributed by atoms with E-state index in [1.54, 1.807) is 36.0 Å². The maximum absolute atomic E-state index is 11.7. The van der Waals surface area contributed by atoms with Gasteiger partial charge in [-0.25, -0.2) is 0 Å². The van der Waals surface area contributed by atoms with E-state index in [4.69, 9.17) is 5.26 Å². The number of amides is 1. The van der Waals surface area contributed by atoms with Gasteiger partial charge in [-0.15, -0.1) is 0 Å². The van der Waals surface area contributed by atoms with Gasteiger partial charge in [-0.2, -0.15) is 17.0 Å². The van der Waals surface area contributed by atoms with Gasteiger partial charge in [0.15, 0.2) is 0 Å².